The fraction of sp³-hybridized carbons (Fsp3) is 0.355. The lowest BCUT2D eigenvalue weighted by molar-refractivity contribution is -0.140. The van der Waals surface area contributed by atoms with E-state index in [1.165, 1.54) is 11.0 Å². The first-order valence-electron chi connectivity index (χ1n) is 13.5. The van der Waals surface area contributed by atoms with Gasteiger partial charge in [-0.1, -0.05) is 80.1 Å². The number of sulfonamides is 1. The zero-order valence-electron chi connectivity index (χ0n) is 24.1. The van der Waals surface area contributed by atoms with Crippen LogP contribution >= 0.6 is 0 Å². The van der Waals surface area contributed by atoms with E-state index in [2.05, 4.69) is 5.32 Å². The van der Waals surface area contributed by atoms with E-state index in [9.17, 15) is 31.2 Å². The zero-order valence-corrected chi connectivity index (χ0v) is 24.9. The Labute approximate surface area is 245 Å². The molecule has 3 aromatic rings. The van der Waals surface area contributed by atoms with Gasteiger partial charge < -0.3 is 10.2 Å². The van der Waals surface area contributed by atoms with Crippen LogP contribution in [0.3, 0.4) is 0 Å². The third kappa shape index (κ3) is 9.34. The molecule has 2 amide bonds. The molecule has 0 aromatic heterocycles. The monoisotopic (exact) mass is 603 g/mol. The maximum atomic E-state index is 14.0. The maximum Gasteiger partial charge on any atom is 0.416 e. The number of carbonyl (C=O) groups is 2. The highest BCUT2D eigenvalue weighted by atomic mass is 32.2. The second-order valence-electron chi connectivity index (χ2n) is 10.7. The molecule has 0 fully saturated rings. The number of rotatable bonds is 12. The second-order valence-corrected chi connectivity index (χ2v) is 12.6. The van der Waals surface area contributed by atoms with Gasteiger partial charge in [0, 0.05) is 19.5 Å². The number of amides is 2. The number of nitrogens with zero attached hydrogens (tertiary/aromatic N) is 2. The van der Waals surface area contributed by atoms with E-state index < -0.39 is 46.2 Å². The summed E-state index contributed by atoms with van der Waals surface area (Å²) in [4.78, 5) is 28.9. The minimum atomic E-state index is -4.71. The molecule has 42 heavy (non-hydrogen) atoms. The molecule has 0 radical (unpaired) electrons. The minimum Gasteiger partial charge on any atom is -0.354 e. The molecule has 3 aromatic carbocycles. The lowest BCUT2D eigenvalue weighted by Gasteiger charge is -2.33. The molecule has 0 aliphatic rings. The minimum absolute atomic E-state index is 0.0205. The fourth-order valence-electron chi connectivity index (χ4n) is 4.43. The van der Waals surface area contributed by atoms with Gasteiger partial charge in [-0.05, 0) is 42.2 Å². The molecule has 0 aliphatic heterocycles. The Bertz CT molecular complexity index is 1480. The molecule has 0 unspecified atom stereocenters. The zero-order chi connectivity index (χ0) is 31.1. The average molecular weight is 604 g/mol. The predicted octanol–water partition coefficient (Wildman–Crippen LogP) is 5.19. The highest BCUT2D eigenvalue weighted by Gasteiger charge is 2.35. The van der Waals surface area contributed by atoms with E-state index in [-0.39, 0.29) is 24.6 Å². The molecule has 1 atom stereocenters. The largest absolute Gasteiger partial charge is 0.416 e. The molecular formula is C31H36F3N3O4S. The molecule has 3 rings (SSSR count). The van der Waals surface area contributed by atoms with Crippen molar-refractivity contribution in [1.82, 2.24) is 10.2 Å². The second kappa shape index (κ2) is 13.9. The van der Waals surface area contributed by atoms with Crippen molar-refractivity contribution in [3.05, 3.63) is 101 Å². The SMILES string of the molecule is Cc1cccc(CN(C(=O)CN(c2cccc(C(F)(F)F)c2)S(C)(=O)=O)[C@@H](Cc2ccccc2)C(=O)NCC(C)C)c1. The highest BCUT2D eigenvalue weighted by molar-refractivity contribution is 7.92. The van der Waals surface area contributed by atoms with Crippen LogP contribution in [-0.4, -0.2) is 50.5 Å². The number of anilines is 1. The van der Waals surface area contributed by atoms with Crippen molar-refractivity contribution in [3.8, 4) is 0 Å². The maximum absolute atomic E-state index is 14.0. The van der Waals surface area contributed by atoms with E-state index in [4.69, 9.17) is 0 Å². The van der Waals surface area contributed by atoms with Gasteiger partial charge in [-0.3, -0.25) is 13.9 Å². The van der Waals surface area contributed by atoms with Gasteiger partial charge in [-0.15, -0.1) is 0 Å². The lowest BCUT2D eigenvalue weighted by Crippen LogP contribution is -2.53. The molecule has 226 valence electrons. The van der Waals surface area contributed by atoms with Crippen LogP contribution in [0.4, 0.5) is 18.9 Å². The average Bonchev–Trinajstić information content (AvgIpc) is 2.91. The summed E-state index contributed by atoms with van der Waals surface area (Å²) in [5.41, 5.74) is 1.06. The third-order valence-corrected chi connectivity index (χ3v) is 7.67. The molecule has 11 heteroatoms. The van der Waals surface area contributed by atoms with Crippen LogP contribution in [0, 0.1) is 12.8 Å². The number of carbonyl (C=O) groups excluding carboxylic acids is 2. The Morgan fingerprint density at radius 1 is 0.905 bits per heavy atom. The van der Waals surface area contributed by atoms with E-state index in [1.807, 2.05) is 69.3 Å². The Kier molecular flexibility index (Phi) is 10.8. The van der Waals surface area contributed by atoms with Crippen molar-refractivity contribution in [2.45, 2.75) is 46.0 Å². The van der Waals surface area contributed by atoms with Crippen LogP contribution in [0.25, 0.3) is 0 Å². The Morgan fingerprint density at radius 2 is 1.55 bits per heavy atom. The topological polar surface area (TPSA) is 86.8 Å². The summed E-state index contributed by atoms with van der Waals surface area (Å²) in [7, 11) is -4.20. The van der Waals surface area contributed by atoms with E-state index in [0.29, 0.717) is 22.5 Å². The van der Waals surface area contributed by atoms with Gasteiger partial charge in [0.15, 0.2) is 0 Å². The van der Waals surface area contributed by atoms with Crippen molar-refractivity contribution in [3.63, 3.8) is 0 Å². The number of halogens is 3. The highest BCUT2D eigenvalue weighted by Crippen LogP contribution is 2.32. The first-order valence-corrected chi connectivity index (χ1v) is 15.3. The van der Waals surface area contributed by atoms with Crippen molar-refractivity contribution < 1.29 is 31.2 Å². The Hall–Kier alpha value is -3.86. The van der Waals surface area contributed by atoms with E-state index >= 15 is 0 Å². The molecule has 0 aliphatic carbocycles. The van der Waals surface area contributed by atoms with Gasteiger partial charge in [0.2, 0.25) is 21.8 Å². The summed E-state index contributed by atoms with van der Waals surface area (Å²) in [5, 5.41) is 2.88. The van der Waals surface area contributed by atoms with Gasteiger partial charge in [0.1, 0.15) is 12.6 Å². The number of hydrogen-bond acceptors (Lipinski definition) is 4. The summed E-state index contributed by atoms with van der Waals surface area (Å²) < 4.78 is 66.6. The molecule has 7 nitrogen and oxygen atoms in total. The normalized spacial score (nSPS) is 12.6. The third-order valence-electron chi connectivity index (χ3n) is 6.53. The molecule has 1 N–H and O–H groups in total. The predicted molar refractivity (Wildman–Crippen MR) is 157 cm³/mol. The van der Waals surface area contributed by atoms with E-state index in [0.717, 1.165) is 29.5 Å². The first kappa shape index (κ1) is 32.7. The van der Waals surface area contributed by atoms with Gasteiger partial charge in [0.25, 0.3) is 0 Å². The Morgan fingerprint density at radius 3 is 2.14 bits per heavy atom. The summed E-state index contributed by atoms with van der Waals surface area (Å²) in [5.74, 6) is -1.02. The quantitative estimate of drug-likeness (QED) is 0.309. The van der Waals surface area contributed by atoms with Crippen LogP contribution in [0.15, 0.2) is 78.9 Å². The number of hydrogen-bond donors (Lipinski definition) is 1. The first-order chi connectivity index (χ1) is 19.6. The van der Waals surface area contributed by atoms with Crippen LogP contribution in [0.5, 0.6) is 0 Å². The van der Waals surface area contributed by atoms with Crippen molar-refractivity contribution in [1.29, 1.82) is 0 Å². The standard InChI is InChI=1S/C31H36F3N3O4S/c1-22(2)19-35-30(39)28(17-24-11-6-5-7-12-24)36(20-25-13-8-10-23(3)16-25)29(38)21-37(42(4,40)41)27-15-9-14-26(18-27)31(32,33)34/h5-16,18,22,28H,17,19-21H2,1-4H3,(H,35,39)/t28-/m0/s1. The molecule has 0 saturated heterocycles. The van der Waals surface area contributed by atoms with Gasteiger partial charge in [-0.25, -0.2) is 8.42 Å². The van der Waals surface area contributed by atoms with Crippen LogP contribution < -0.4 is 9.62 Å². The number of aryl methyl sites for hydroxylation is 1. The van der Waals surface area contributed by atoms with Crippen LogP contribution in [-0.2, 0) is 38.8 Å². The smallest absolute Gasteiger partial charge is 0.354 e. The lowest BCUT2D eigenvalue weighted by atomic mass is 10.0. The van der Waals surface area contributed by atoms with Crippen LogP contribution in [0.2, 0.25) is 0 Å². The number of benzene rings is 3. The van der Waals surface area contributed by atoms with Gasteiger partial charge in [0.05, 0.1) is 17.5 Å². The summed E-state index contributed by atoms with van der Waals surface area (Å²) in [6, 6.07) is 19.2. The summed E-state index contributed by atoms with van der Waals surface area (Å²) in [6.45, 7) is 5.28. The molecular weight excluding hydrogens is 567 g/mol. The van der Waals surface area contributed by atoms with Gasteiger partial charge in [-0.2, -0.15) is 13.2 Å². The summed E-state index contributed by atoms with van der Waals surface area (Å²) in [6.07, 6.45) is -3.75. The van der Waals surface area contributed by atoms with Gasteiger partial charge >= 0.3 is 6.18 Å². The molecule has 0 heterocycles. The summed E-state index contributed by atoms with van der Waals surface area (Å²) >= 11 is 0. The molecule has 0 spiro atoms. The van der Waals surface area contributed by atoms with Crippen molar-refractivity contribution in [2.24, 2.45) is 5.92 Å². The van der Waals surface area contributed by atoms with Crippen molar-refractivity contribution >= 4 is 27.5 Å². The van der Waals surface area contributed by atoms with E-state index in [1.54, 1.807) is 6.07 Å². The number of alkyl halides is 3. The van der Waals surface area contributed by atoms with Crippen LogP contribution in [0.1, 0.15) is 36.1 Å². The Balaban J connectivity index is 2.07. The fourth-order valence-corrected chi connectivity index (χ4v) is 5.28. The number of nitrogens with one attached hydrogen (secondary N) is 1. The molecule has 0 saturated carbocycles. The molecule has 0 bridgehead atoms. The van der Waals surface area contributed by atoms with Crippen molar-refractivity contribution in [2.75, 3.05) is 23.7 Å².